The Morgan fingerprint density at radius 1 is 0.964 bits per heavy atom. The van der Waals surface area contributed by atoms with Gasteiger partial charge in [0.25, 0.3) is 0 Å². The van der Waals surface area contributed by atoms with Gasteiger partial charge in [0.2, 0.25) is 11.8 Å². The number of esters is 2. The third-order valence-electron chi connectivity index (χ3n) is 3.65. The van der Waals surface area contributed by atoms with Crippen LogP contribution in [0.4, 0.5) is 0 Å². The van der Waals surface area contributed by atoms with Gasteiger partial charge in [-0.1, -0.05) is 13.8 Å². The summed E-state index contributed by atoms with van der Waals surface area (Å²) in [6.07, 6.45) is -0.307. The second-order valence-corrected chi connectivity index (χ2v) is 6.57. The van der Waals surface area contributed by atoms with Crippen LogP contribution in [0.2, 0.25) is 0 Å². The third kappa shape index (κ3) is 9.33. The Morgan fingerprint density at radius 3 is 1.96 bits per heavy atom. The fourth-order valence-corrected chi connectivity index (χ4v) is 2.52. The van der Waals surface area contributed by atoms with Crippen LogP contribution < -0.4 is 10.6 Å². The minimum Gasteiger partial charge on any atom is -0.480 e. The average molecular weight is 402 g/mol. The fraction of sp³-hybridized carbons (Fsp3) is 0.722. The van der Waals surface area contributed by atoms with Gasteiger partial charge in [0.1, 0.15) is 12.1 Å². The van der Waals surface area contributed by atoms with Crippen molar-refractivity contribution in [1.82, 2.24) is 10.6 Å². The van der Waals surface area contributed by atoms with Gasteiger partial charge in [0.15, 0.2) is 0 Å². The number of nitrogens with one attached hydrogen (secondary N) is 2. The molecule has 0 aromatic carbocycles. The lowest BCUT2D eigenvalue weighted by atomic mass is 9.95. The van der Waals surface area contributed by atoms with Crippen LogP contribution in [0.1, 0.15) is 47.5 Å². The van der Waals surface area contributed by atoms with Gasteiger partial charge in [-0.25, -0.2) is 4.79 Å². The predicted octanol–water partition coefficient (Wildman–Crippen LogP) is 0.239. The highest BCUT2D eigenvalue weighted by atomic mass is 16.5. The van der Waals surface area contributed by atoms with Crippen LogP contribution in [-0.2, 0) is 33.4 Å². The van der Waals surface area contributed by atoms with E-state index >= 15 is 0 Å². The van der Waals surface area contributed by atoms with E-state index in [9.17, 15) is 29.1 Å². The van der Waals surface area contributed by atoms with Gasteiger partial charge in [-0.05, 0) is 26.2 Å². The molecule has 0 saturated carbocycles. The maximum atomic E-state index is 12.6. The Labute approximate surface area is 164 Å². The van der Waals surface area contributed by atoms with E-state index in [-0.39, 0.29) is 25.6 Å². The van der Waals surface area contributed by atoms with Crippen molar-refractivity contribution in [2.45, 2.75) is 59.5 Å². The molecule has 0 aliphatic rings. The zero-order chi connectivity index (χ0) is 21.9. The summed E-state index contributed by atoms with van der Waals surface area (Å²) in [7, 11) is 0. The lowest BCUT2D eigenvalue weighted by Gasteiger charge is -2.26. The number of amides is 2. The Kier molecular flexibility index (Phi) is 11.5. The molecule has 10 nitrogen and oxygen atoms in total. The van der Waals surface area contributed by atoms with E-state index in [1.165, 1.54) is 13.8 Å². The van der Waals surface area contributed by atoms with E-state index in [0.717, 1.165) is 0 Å². The first-order chi connectivity index (χ1) is 13.0. The molecular weight excluding hydrogens is 372 g/mol. The Bertz CT molecular complexity index is 576. The Morgan fingerprint density at radius 2 is 1.54 bits per heavy atom. The molecule has 10 heteroatoms. The molecule has 0 aromatic rings. The summed E-state index contributed by atoms with van der Waals surface area (Å²) in [5, 5.41) is 14.2. The highest BCUT2D eigenvalue weighted by Crippen LogP contribution is 2.15. The number of carbonyl (C=O) groups is 5. The van der Waals surface area contributed by atoms with Gasteiger partial charge in [0.05, 0.1) is 25.6 Å². The molecule has 0 unspecified atom stereocenters. The molecule has 0 aliphatic heterocycles. The lowest BCUT2D eigenvalue weighted by molar-refractivity contribution is -0.160. The number of ether oxygens (including phenoxy) is 2. The van der Waals surface area contributed by atoms with Crippen LogP contribution in [-0.4, -0.2) is 60.1 Å². The molecular formula is C18H30N2O8. The van der Waals surface area contributed by atoms with Crippen molar-refractivity contribution >= 4 is 29.7 Å². The van der Waals surface area contributed by atoms with Crippen LogP contribution >= 0.6 is 0 Å². The zero-order valence-corrected chi connectivity index (χ0v) is 16.9. The second-order valence-electron chi connectivity index (χ2n) is 6.57. The molecule has 160 valence electrons. The summed E-state index contributed by atoms with van der Waals surface area (Å²) < 4.78 is 9.63. The monoisotopic (exact) mass is 402 g/mol. The second kappa shape index (κ2) is 12.7. The molecule has 3 atom stereocenters. The molecule has 3 N–H and O–H groups in total. The molecule has 0 spiro atoms. The number of carboxylic acids is 1. The molecule has 0 rings (SSSR count). The van der Waals surface area contributed by atoms with E-state index < -0.39 is 54.1 Å². The number of aliphatic carboxylic acids is 1. The van der Waals surface area contributed by atoms with E-state index in [1.807, 2.05) is 13.8 Å². The summed E-state index contributed by atoms with van der Waals surface area (Å²) in [5.41, 5.74) is 0. The van der Waals surface area contributed by atoms with E-state index in [4.69, 9.17) is 9.47 Å². The van der Waals surface area contributed by atoms with Crippen molar-refractivity contribution in [1.29, 1.82) is 0 Å². The van der Waals surface area contributed by atoms with Gasteiger partial charge in [-0.2, -0.15) is 0 Å². The highest BCUT2D eigenvalue weighted by molar-refractivity contribution is 5.93. The minimum atomic E-state index is -1.72. The molecule has 0 radical (unpaired) electrons. The summed E-state index contributed by atoms with van der Waals surface area (Å²) in [6.45, 7) is 8.02. The maximum absolute atomic E-state index is 12.6. The van der Waals surface area contributed by atoms with Gasteiger partial charge in [-0.3, -0.25) is 19.2 Å². The highest BCUT2D eigenvalue weighted by Gasteiger charge is 2.39. The van der Waals surface area contributed by atoms with E-state index in [1.54, 1.807) is 6.92 Å². The first-order valence-corrected chi connectivity index (χ1v) is 9.15. The maximum Gasteiger partial charge on any atom is 0.327 e. The minimum absolute atomic E-state index is 0.0275. The number of hydrogen-bond donors (Lipinski definition) is 3. The third-order valence-corrected chi connectivity index (χ3v) is 3.65. The Hall–Kier alpha value is -2.65. The molecule has 0 heterocycles. The van der Waals surface area contributed by atoms with Crippen molar-refractivity contribution < 1.29 is 38.6 Å². The SMILES string of the molecule is CCOC(=O)C[C@@H](C(=O)OCC)[C@H](NC(=O)[C@H](CC(C)C)NC(C)=O)C(=O)O. The topological polar surface area (TPSA) is 148 Å². The predicted molar refractivity (Wildman–Crippen MR) is 98.0 cm³/mol. The summed E-state index contributed by atoms with van der Waals surface area (Å²) in [5.74, 6) is -5.91. The average Bonchev–Trinajstić information content (AvgIpc) is 2.56. The number of rotatable bonds is 12. The summed E-state index contributed by atoms with van der Waals surface area (Å²) in [4.78, 5) is 59.7. The standard InChI is InChI=1S/C18H30N2O8/c1-6-27-14(22)9-12(18(26)28-7-2)15(17(24)25)20-16(23)13(8-10(3)4)19-11(5)21/h10,12-13,15H,6-9H2,1-5H3,(H,19,21)(H,20,23)(H,24,25)/t12-,13+,15+/m1/s1. The molecule has 2 amide bonds. The summed E-state index contributed by atoms with van der Waals surface area (Å²) >= 11 is 0. The Balaban J connectivity index is 5.59. The van der Waals surface area contributed by atoms with Crippen molar-refractivity contribution in [3.8, 4) is 0 Å². The van der Waals surface area contributed by atoms with Crippen LogP contribution in [0.25, 0.3) is 0 Å². The van der Waals surface area contributed by atoms with Gasteiger partial charge in [-0.15, -0.1) is 0 Å². The van der Waals surface area contributed by atoms with E-state index in [0.29, 0.717) is 0 Å². The quantitative estimate of drug-likeness (QED) is 0.393. The molecule has 28 heavy (non-hydrogen) atoms. The van der Waals surface area contributed by atoms with Crippen molar-refractivity contribution in [3.05, 3.63) is 0 Å². The van der Waals surface area contributed by atoms with Crippen LogP contribution in [0, 0.1) is 11.8 Å². The number of carbonyl (C=O) groups excluding carboxylic acids is 4. The number of hydrogen-bond acceptors (Lipinski definition) is 7. The normalized spacial score (nSPS) is 13.8. The van der Waals surface area contributed by atoms with E-state index in [2.05, 4.69) is 10.6 Å². The molecule has 0 fully saturated rings. The zero-order valence-electron chi connectivity index (χ0n) is 16.9. The van der Waals surface area contributed by atoms with Crippen molar-refractivity contribution in [2.75, 3.05) is 13.2 Å². The molecule has 0 saturated heterocycles. The van der Waals surface area contributed by atoms with Gasteiger partial charge in [0, 0.05) is 6.92 Å². The first-order valence-electron chi connectivity index (χ1n) is 9.15. The van der Waals surface area contributed by atoms with Crippen molar-refractivity contribution in [3.63, 3.8) is 0 Å². The van der Waals surface area contributed by atoms with Crippen LogP contribution in [0.3, 0.4) is 0 Å². The molecule has 0 aliphatic carbocycles. The van der Waals surface area contributed by atoms with Crippen molar-refractivity contribution in [2.24, 2.45) is 11.8 Å². The van der Waals surface area contributed by atoms with Gasteiger partial charge >= 0.3 is 17.9 Å². The summed E-state index contributed by atoms with van der Waals surface area (Å²) in [6, 6.07) is -2.70. The fourth-order valence-electron chi connectivity index (χ4n) is 2.52. The number of carboxylic acid groups (broad SMARTS) is 1. The molecule has 0 bridgehead atoms. The largest absolute Gasteiger partial charge is 0.480 e. The smallest absolute Gasteiger partial charge is 0.327 e. The lowest BCUT2D eigenvalue weighted by Crippen LogP contribution is -2.55. The van der Waals surface area contributed by atoms with Crippen LogP contribution in [0.5, 0.6) is 0 Å². The van der Waals surface area contributed by atoms with Gasteiger partial charge < -0.3 is 25.2 Å². The molecule has 0 aromatic heterocycles. The van der Waals surface area contributed by atoms with Crippen LogP contribution in [0.15, 0.2) is 0 Å². The first kappa shape index (κ1) is 25.4.